The second-order valence-electron chi connectivity index (χ2n) is 6.75. The number of nitrogens with two attached hydrogens (primary N) is 1. The third-order valence-corrected chi connectivity index (χ3v) is 4.86. The Labute approximate surface area is 154 Å². The van der Waals surface area contributed by atoms with E-state index in [-0.39, 0.29) is 25.0 Å². The number of anilines is 1. The van der Waals surface area contributed by atoms with Crippen LogP contribution in [0.2, 0.25) is 0 Å². The number of aryl methyl sites for hydroxylation is 1. The van der Waals surface area contributed by atoms with Crippen molar-refractivity contribution in [2.45, 2.75) is 50.7 Å². The Morgan fingerprint density at radius 3 is 2.81 bits per heavy atom. The molecule has 5 N–H and O–H groups in total. The van der Waals surface area contributed by atoms with Crippen LogP contribution in [0.3, 0.4) is 0 Å². The Bertz CT molecular complexity index is 754. The number of guanidine groups is 1. The first kappa shape index (κ1) is 19.6. The van der Waals surface area contributed by atoms with Crippen LogP contribution in [0.1, 0.15) is 31.5 Å². The van der Waals surface area contributed by atoms with E-state index >= 15 is 0 Å². The van der Waals surface area contributed by atoms with Crippen LogP contribution in [-0.4, -0.2) is 46.8 Å². The number of nitrogens with zero attached hydrogens (tertiary/aromatic N) is 3. The van der Waals surface area contributed by atoms with E-state index in [0.717, 1.165) is 6.20 Å². The molecule has 0 spiro atoms. The summed E-state index contributed by atoms with van der Waals surface area (Å²) in [6.45, 7) is 4.22. The van der Waals surface area contributed by atoms with Gasteiger partial charge in [0.2, 0.25) is 5.96 Å². The number of aromatic nitrogens is 2. The lowest BCUT2D eigenvalue weighted by molar-refractivity contribution is -0.101. The summed E-state index contributed by atoms with van der Waals surface area (Å²) in [5, 5.41) is 12.7. The van der Waals surface area contributed by atoms with Crippen molar-refractivity contribution in [2.75, 3.05) is 18.4 Å². The van der Waals surface area contributed by atoms with Crippen LogP contribution < -0.4 is 21.7 Å². The van der Waals surface area contributed by atoms with Gasteiger partial charge in [0.05, 0.1) is 23.0 Å². The second-order valence-corrected chi connectivity index (χ2v) is 6.75. The van der Waals surface area contributed by atoms with Gasteiger partial charge in [-0.2, -0.15) is 18.3 Å². The average Bonchev–Trinajstić information content (AvgIpc) is 2.94. The van der Waals surface area contributed by atoms with Crippen molar-refractivity contribution in [2.24, 2.45) is 10.7 Å². The van der Waals surface area contributed by atoms with Gasteiger partial charge < -0.3 is 21.7 Å². The fraction of sp³-hybridized carbons (Fsp3) is 0.625. The summed E-state index contributed by atoms with van der Waals surface area (Å²) in [6, 6.07) is -0.386. The summed E-state index contributed by atoms with van der Waals surface area (Å²) >= 11 is 0. The fourth-order valence-electron chi connectivity index (χ4n) is 3.22. The first-order valence-corrected chi connectivity index (χ1v) is 8.74. The van der Waals surface area contributed by atoms with Gasteiger partial charge in [-0.25, -0.2) is 9.38 Å². The Morgan fingerprint density at radius 2 is 2.19 bits per heavy atom. The number of halogens is 4. The summed E-state index contributed by atoms with van der Waals surface area (Å²) in [5.74, 6) is 0.0807. The first-order valence-electron chi connectivity index (χ1n) is 8.74. The molecule has 1 saturated heterocycles. The standard InChI is InChI=1S/C16H23F4N7/c1-3-15(21)13(16(18,19)20)7-23-14(25-15)24-11-8-27(26-9(11)2)12-4-5-22-6-10(12)17/h7-8,10,12,22H,3-6,21H2,1-2H3,(H2,23,24,25). The van der Waals surface area contributed by atoms with Crippen molar-refractivity contribution in [3.8, 4) is 0 Å². The minimum Gasteiger partial charge on any atom is -0.332 e. The van der Waals surface area contributed by atoms with Crippen molar-refractivity contribution in [3.05, 3.63) is 23.7 Å². The minimum atomic E-state index is -4.58. The zero-order valence-electron chi connectivity index (χ0n) is 15.1. The topological polar surface area (TPSA) is 92.3 Å². The van der Waals surface area contributed by atoms with E-state index in [4.69, 9.17) is 5.73 Å². The number of rotatable bonds is 3. The van der Waals surface area contributed by atoms with Gasteiger partial charge in [0.25, 0.3) is 0 Å². The van der Waals surface area contributed by atoms with Crippen LogP contribution in [0, 0.1) is 6.92 Å². The molecule has 1 fully saturated rings. The molecule has 0 bridgehead atoms. The van der Waals surface area contributed by atoms with Gasteiger partial charge in [0, 0.05) is 18.9 Å². The van der Waals surface area contributed by atoms with Crippen molar-refractivity contribution >= 4 is 11.6 Å². The lowest BCUT2D eigenvalue weighted by atomic mass is 9.97. The van der Waals surface area contributed by atoms with Crippen molar-refractivity contribution in [1.82, 2.24) is 20.4 Å². The van der Waals surface area contributed by atoms with Gasteiger partial charge in [-0.15, -0.1) is 0 Å². The number of aliphatic imine (C=N–C) groups is 1. The predicted octanol–water partition coefficient (Wildman–Crippen LogP) is 1.95. The van der Waals surface area contributed by atoms with Crippen LogP contribution >= 0.6 is 0 Å². The molecular formula is C16H23F4N7. The summed E-state index contributed by atoms with van der Waals surface area (Å²) < 4.78 is 55.1. The molecule has 3 unspecified atom stereocenters. The summed E-state index contributed by atoms with van der Waals surface area (Å²) in [7, 11) is 0. The highest BCUT2D eigenvalue weighted by molar-refractivity contribution is 5.95. The van der Waals surface area contributed by atoms with Crippen LogP contribution in [-0.2, 0) is 0 Å². The van der Waals surface area contributed by atoms with Gasteiger partial charge in [-0.3, -0.25) is 4.68 Å². The SMILES string of the molecule is CCC1(N)N=C(Nc2cn(C3CCNCC3F)nc2C)NC=C1C(F)(F)F. The van der Waals surface area contributed by atoms with E-state index in [1.807, 2.05) is 0 Å². The first-order chi connectivity index (χ1) is 12.6. The van der Waals surface area contributed by atoms with Crippen LogP contribution in [0.25, 0.3) is 0 Å². The smallest absolute Gasteiger partial charge is 0.332 e. The number of hydrogen-bond acceptors (Lipinski definition) is 6. The molecule has 2 aliphatic rings. The monoisotopic (exact) mass is 389 g/mol. The van der Waals surface area contributed by atoms with Gasteiger partial charge in [0.15, 0.2) is 0 Å². The van der Waals surface area contributed by atoms with Crippen molar-refractivity contribution in [1.29, 1.82) is 0 Å². The molecule has 3 heterocycles. The molecule has 3 atom stereocenters. The summed E-state index contributed by atoms with van der Waals surface area (Å²) in [4.78, 5) is 4.02. The maximum absolute atomic E-state index is 14.1. The molecule has 0 radical (unpaired) electrons. The normalized spacial score (nSPS) is 29.0. The molecule has 1 aromatic rings. The average molecular weight is 389 g/mol. The molecule has 0 aromatic carbocycles. The molecule has 7 nitrogen and oxygen atoms in total. The quantitative estimate of drug-likeness (QED) is 0.593. The number of hydrogen-bond donors (Lipinski definition) is 4. The van der Waals surface area contributed by atoms with Gasteiger partial charge in [0.1, 0.15) is 11.8 Å². The molecule has 150 valence electrons. The zero-order valence-corrected chi connectivity index (χ0v) is 15.1. The third-order valence-electron chi connectivity index (χ3n) is 4.86. The van der Waals surface area contributed by atoms with Crippen LogP contribution in [0.4, 0.5) is 23.2 Å². The van der Waals surface area contributed by atoms with E-state index in [1.54, 1.807) is 17.8 Å². The predicted molar refractivity (Wildman–Crippen MR) is 93.9 cm³/mol. The molecule has 2 aliphatic heterocycles. The molecule has 1 aromatic heterocycles. The molecular weight excluding hydrogens is 366 g/mol. The number of piperidine rings is 1. The highest BCUT2D eigenvalue weighted by Crippen LogP contribution is 2.36. The van der Waals surface area contributed by atoms with Gasteiger partial charge >= 0.3 is 6.18 Å². The molecule has 0 amide bonds. The van der Waals surface area contributed by atoms with E-state index < -0.39 is 23.6 Å². The lowest BCUT2D eigenvalue weighted by Gasteiger charge is -2.32. The highest BCUT2D eigenvalue weighted by Gasteiger charge is 2.47. The summed E-state index contributed by atoms with van der Waals surface area (Å²) in [5.41, 5.74) is 4.16. The van der Waals surface area contributed by atoms with E-state index in [2.05, 4.69) is 26.0 Å². The Kier molecular flexibility index (Phi) is 5.17. The molecule has 0 aliphatic carbocycles. The second kappa shape index (κ2) is 7.12. The molecule has 11 heteroatoms. The fourth-order valence-corrected chi connectivity index (χ4v) is 3.22. The molecule has 0 saturated carbocycles. The highest BCUT2D eigenvalue weighted by atomic mass is 19.4. The number of alkyl halides is 4. The van der Waals surface area contributed by atoms with E-state index in [1.165, 1.54) is 6.92 Å². The molecule has 3 rings (SSSR count). The van der Waals surface area contributed by atoms with Crippen LogP contribution in [0.5, 0.6) is 0 Å². The maximum Gasteiger partial charge on any atom is 0.417 e. The Hall–Kier alpha value is -2.14. The van der Waals surface area contributed by atoms with E-state index in [0.29, 0.717) is 24.3 Å². The summed E-state index contributed by atoms with van der Waals surface area (Å²) in [6.07, 6.45) is -2.62. The van der Waals surface area contributed by atoms with Crippen molar-refractivity contribution < 1.29 is 17.6 Å². The van der Waals surface area contributed by atoms with Gasteiger partial charge in [-0.1, -0.05) is 6.92 Å². The minimum absolute atomic E-state index is 0.0257. The lowest BCUT2D eigenvalue weighted by Crippen LogP contribution is -2.51. The molecule has 27 heavy (non-hydrogen) atoms. The van der Waals surface area contributed by atoms with Crippen LogP contribution in [0.15, 0.2) is 23.0 Å². The Balaban J connectivity index is 1.80. The zero-order chi connectivity index (χ0) is 19.8. The largest absolute Gasteiger partial charge is 0.417 e. The van der Waals surface area contributed by atoms with E-state index in [9.17, 15) is 17.6 Å². The Morgan fingerprint density at radius 1 is 1.44 bits per heavy atom. The number of nitrogens with one attached hydrogen (secondary N) is 3. The van der Waals surface area contributed by atoms with Crippen molar-refractivity contribution in [3.63, 3.8) is 0 Å². The van der Waals surface area contributed by atoms with Gasteiger partial charge in [-0.05, 0) is 26.3 Å². The maximum atomic E-state index is 14.1. The third kappa shape index (κ3) is 3.93.